The second kappa shape index (κ2) is 5.85. The van der Waals surface area contributed by atoms with Gasteiger partial charge in [-0.05, 0) is 17.0 Å². The van der Waals surface area contributed by atoms with Crippen LogP contribution in [0.5, 0.6) is 0 Å². The smallest absolute Gasteiger partial charge is 0.181 e. The summed E-state index contributed by atoms with van der Waals surface area (Å²) in [6, 6.07) is 11.0. The van der Waals surface area contributed by atoms with Gasteiger partial charge in [-0.3, -0.25) is 4.79 Å². The molecule has 0 radical (unpaired) electrons. The fourth-order valence-corrected chi connectivity index (χ4v) is 1.97. The van der Waals surface area contributed by atoms with Crippen molar-refractivity contribution in [3.8, 4) is 0 Å². The maximum atomic E-state index is 11.0. The van der Waals surface area contributed by atoms with Gasteiger partial charge in [0.1, 0.15) is 0 Å². The minimum atomic E-state index is -0.566. The van der Waals surface area contributed by atoms with Crippen molar-refractivity contribution in [1.82, 2.24) is 4.57 Å². The summed E-state index contributed by atoms with van der Waals surface area (Å²) < 4.78 is 1.81. The molecule has 1 N–H and O–H groups in total. The van der Waals surface area contributed by atoms with Gasteiger partial charge >= 0.3 is 0 Å². The number of aliphatic hydroxyl groups excluding tert-OH is 1. The maximum Gasteiger partial charge on any atom is 0.181 e. The topological polar surface area (TPSA) is 42.2 Å². The molecule has 0 aliphatic carbocycles. The number of benzene rings is 1. The van der Waals surface area contributed by atoms with Crippen LogP contribution in [0, 0.1) is 0 Å². The third-order valence-corrected chi connectivity index (χ3v) is 3.23. The van der Waals surface area contributed by atoms with Crippen LogP contribution in [0.15, 0.2) is 53.6 Å². The van der Waals surface area contributed by atoms with Crippen LogP contribution in [0.3, 0.4) is 0 Å². The first-order chi connectivity index (χ1) is 9.06. The molecule has 0 fully saturated rings. The summed E-state index contributed by atoms with van der Waals surface area (Å²) in [4.78, 5) is 11.0. The molecule has 19 heavy (non-hydrogen) atoms. The van der Waals surface area contributed by atoms with E-state index in [9.17, 15) is 9.90 Å². The Bertz CT molecular complexity index is 564. The normalized spacial score (nSPS) is 12.6. The van der Waals surface area contributed by atoms with E-state index in [2.05, 4.69) is 26.0 Å². The van der Waals surface area contributed by atoms with E-state index in [1.54, 1.807) is 12.4 Å². The highest BCUT2D eigenvalue weighted by Crippen LogP contribution is 2.19. The number of rotatable bonds is 4. The van der Waals surface area contributed by atoms with Gasteiger partial charge in [0.25, 0.3) is 0 Å². The zero-order valence-corrected chi connectivity index (χ0v) is 11.3. The first kappa shape index (κ1) is 13.6. The van der Waals surface area contributed by atoms with Gasteiger partial charge in [-0.15, -0.1) is 0 Å². The van der Waals surface area contributed by atoms with Crippen LogP contribution in [-0.2, 0) is 6.54 Å². The fraction of sp³-hybridized carbons (Fsp3) is 0.312. The Hall–Kier alpha value is -1.87. The molecule has 3 heteroatoms. The molecule has 0 bridgehead atoms. The van der Waals surface area contributed by atoms with E-state index in [0.717, 1.165) is 5.56 Å². The largest absolute Gasteiger partial charge is 0.387 e. The summed E-state index contributed by atoms with van der Waals surface area (Å²) in [7, 11) is 0. The predicted octanol–water partition coefficient (Wildman–Crippen LogP) is 2.71. The summed E-state index contributed by atoms with van der Waals surface area (Å²) >= 11 is 0. The molecule has 0 aliphatic heterocycles. The molecule has 1 atom stereocenters. The predicted molar refractivity (Wildman–Crippen MR) is 76.2 cm³/mol. The summed E-state index contributed by atoms with van der Waals surface area (Å²) in [5.41, 5.74) is 2.13. The molecule has 0 amide bonds. The van der Waals surface area contributed by atoms with E-state index < -0.39 is 6.10 Å². The minimum Gasteiger partial charge on any atom is -0.387 e. The quantitative estimate of drug-likeness (QED) is 0.915. The highest BCUT2D eigenvalue weighted by atomic mass is 16.3. The molecule has 1 heterocycles. The molecule has 100 valence electrons. The van der Waals surface area contributed by atoms with Gasteiger partial charge in [0.05, 0.1) is 12.6 Å². The molecule has 2 rings (SSSR count). The van der Waals surface area contributed by atoms with E-state index in [4.69, 9.17) is 0 Å². The van der Waals surface area contributed by atoms with Crippen molar-refractivity contribution < 1.29 is 5.11 Å². The fourth-order valence-electron chi connectivity index (χ4n) is 1.97. The SMILES string of the molecule is CC(C)c1ccc(C(O)Cn2ccc(=O)cc2)cc1. The number of aromatic nitrogens is 1. The van der Waals surface area contributed by atoms with Crippen molar-refractivity contribution >= 4 is 0 Å². The maximum absolute atomic E-state index is 11.0. The van der Waals surface area contributed by atoms with Crippen molar-refractivity contribution in [3.05, 3.63) is 70.1 Å². The first-order valence-electron chi connectivity index (χ1n) is 6.50. The Morgan fingerprint density at radius 3 is 2.05 bits per heavy atom. The van der Waals surface area contributed by atoms with Crippen LogP contribution in [0.1, 0.15) is 37.0 Å². The molecular weight excluding hydrogens is 238 g/mol. The van der Waals surface area contributed by atoms with E-state index in [-0.39, 0.29) is 5.43 Å². The molecule has 2 aromatic rings. The van der Waals surface area contributed by atoms with Crippen molar-refractivity contribution in [2.24, 2.45) is 0 Å². The van der Waals surface area contributed by atoms with Gasteiger partial charge in [0, 0.05) is 24.5 Å². The molecule has 3 nitrogen and oxygen atoms in total. The van der Waals surface area contributed by atoms with E-state index in [1.165, 1.54) is 17.7 Å². The minimum absolute atomic E-state index is 0.0213. The molecule has 1 aromatic carbocycles. The second-order valence-corrected chi connectivity index (χ2v) is 5.07. The lowest BCUT2D eigenvalue weighted by atomic mass is 10.00. The number of aliphatic hydroxyl groups is 1. The number of pyridine rings is 1. The standard InChI is InChI=1S/C16H19NO2/c1-12(2)13-3-5-14(6-4-13)16(19)11-17-9-7-15(18)8-10-17/h3-10,12,16,19H,11H2,1-2H3. The zero-order chi connectivity index (χ0) is 13.8. The van der Waals surface area contributed by atoms with Crippen molar-refractivity contribution in [2.75, 3.05) is 0 Å². The number of hydrogen-bond donors (Lipinski definition) is 1. The van der Waals surface area contributed by atoms with Gasteiger partial charge in [-0.25, -0.2) is 0 Å². The van der Waals surface area contributed by atoms with Crippen molar-refractivity contribution in [1.29, 1.82) is 0 Å². The van der Waals surface area contributed by atoms with Gasteiger partial charge < -0.3 is 9.67 Å². The molecular formula is C16H19NO2. The van der Waals surface area contributed by atoms with Crippen molar-refractivity contribution in [2.45, 2.75) is 32.4 Å². The lowest BCUT2D eigenvalue weighted by Gasteiger charge is -2.14. The number of hydrogen-bond acceptors (Lipinski definition) is 2. The molecule has 0 saturated carbocycles. The summed E-state index contributed by atoms with van der Waals surface area (Å²) in [5, 5.41) is 10.2. The Morgan fingerprint density at radius 1 is 1.00 bits per heavy atom. The Kier molecular flexibility index (Phi) is 4.17. The molecule has 0 saturated heterocycles. The summed E-state index contributed by atoms with van der Waals surface area (Å²) in [6.45, 7) is 4.73. The third kappa shape index (κ3) is 3.55. The highest BCUT2D eigenvalue weighted by molar-refractivity contribution is 5.26. The van der Waals surface area contributed by atoms with E-state index >= 15 is 0 Å². The van der Waals surface area contributed by atoms with Crippen LogP contribution in [-0.4, -0.2) is 9.67 Å². The highest BCUT2D eigenvalue weighted by Gasteiger charge is 2.08. The van der Waals surface area contributed by atoms with Gasteiger partial charge in [0.15, 0.2) is 5.43 Å². The molecule has 1 aromatic heterocycles. The monoisotopic (exact) mass is 257 g/mol. The first-order valence-corrected chi connectivity index (χ1v) is 6.50. The van der Waals surface area contributed by atoms with Crippen LogP contribution in [0.25, 0.3) is 0 Å². The third-order valence-electron chi connectivity index (χ3n) is 3.23. The van der Waals surface area contributed by atoms with Gasteiger partial charge in [-0.2, -0.15) is 0 Å². The second-order valence-electron chi connectivity index (χ2n) is 5.07. The average molecular weight is 257 g/mol. The Labute approximate surface area is 113 Å². The Morgan fingerprint density at radius 2 is 1.53 bits per heavy atom. The van der Waals surface area contributed by atoms with E-state index in [1.807, 2.05) is 16.7 Å². The Balaban J connectivity index is 2.09. The number of nitrogens with zero attached hydrogens (tertiary/aromatic N) is 1. The van der Waals surface area contributed by atoms with Crippen LogP contribution in [0.4, 0.5) is 0 Å². The van der Waals surface area contributed by atoms with Gasteiger partial charge in [-0.1, -0.05) is 38.1 Å². The van der Waals surface area contributed by atoms with Crippen LogP contribution < -0.4 is 5.43 Å². The molecule has 0 aliphatic rings. The summed E-state index contributed by atoms with van der Waals surface area (Å²) in [5.74, 6) is 0.491. The zero-order valence-electron chi connectivity index (χ0n) is 11.3. The lowest BCUT2D eigenvalue weighted by Crippen LogP contribution is -2.10. The molecule has 1 unspecified atom stereocenters. The summed E-state index contributed by atoms with van der Waals surface area (Å²) in [6.07, 6.45) is 2.81. The lowest BCUT2D eigenvalue weighted by molar-refractivity contribution is 0.156. The van der Waals surface area contributed by atoms with Crippen LogP contribution in [0.2, 0.25) is 0 Å². The van der Waals surface area contributed by atoms with Gasteiger partial charge in [0.2, 0.25) is 0 Å². The van der Waals surface area contributed by atoms with E-state index in [0.29, 0.717) is 12.5 Å². The molecule has 0 spiro atoms. The average Bonchev–Trinajstić information content (AvgIpc) is 2.41. The van der Waals surface area contributed by atoms with Crippen LogP contribution >= 0.6 is 0 Å². The van der Waals surface area contributed by atoms with Crippen molar-refractivity contribution in [3.63, 3.8) is 0 Å².